The van der Waals surface area contributed by atoms with Crippen LogP contribution >= 0.6 is 45.2 Å². The van der Waals surface area contributed by atoms with Gasteiger partial charge in [-0.25, -0.2) is 0 Å². The number of benzene rings is 16. The first-order valence-corrected chi connectivity index (χ1v) is 32.6. The van der Waals surface area contributed by atoms with Gasteiger partial charge in [0.25, 0.3) is 0 Å². The van der Waals surface area contributed by atoms with E-state index in [1.165, 1.54) is 90.8 Å². The summed E-state index contributed by atoms with van der Waals surface area (Å²) in [4.78, 5) is 0. The molecule has 0 aliphatic carbocycles. The summed E-state index contributed by atoms with van der Waals surface area (Å²) in [6.07, 6.45) is 0. The van der Waals surface area contributed by atoms with E-state index < -0.39 is 7.12 Å². The number of rotatable bonds is 6. The van der Waals surface area contributed by atoms with Crippen molar-refractivity contribution >= 4 is 166 Å². The van der Waals surface area contributed by atoms with Gasteiger partial charge in [0.1, 0.15) is 22.3 Å². The number of halogens is 2. The fourth-order valence-corrected chi connectivity index (χ4v) is 15.0. The molecule has 0 unspecified atom stereocenters. The van der Waals surface area contributed by atoms with Crippen LogP contribution in [0.15, 0.2) is 318 Å². The molecule has 0 saturated carbocycles. The average molecular weight is 1390 g/mol. The summed E-state index contributed by atoms with van der Waals surface area (Å²) >= 11 is 4.61. The maximum Gasteiger partial charge on any atom is 0.489 e. The average Bonchev–Trinajstić information content (AvgIpc) is 1.62. The van der Waals surface area contributed by atoms with Gasteiger partial charge in [-0.05, 0) is 196 Å². The fourth-order valence-electron chi connectivity index (χ4n) is 13.9. The van der Waals surface area contributed by atoms with Crippen LogP contribution in [-0.4, -0.2) is 17.2 Å². The first-order chi connectivity index (χ1) is 44.9. The third-order valence-corrected chi connectivity index (χ3v) is 19.3. The van der Waals surface area contributed by atoms with Gasteiger partial charge >= 0.3 is 7.12 Å². The van der Waals surface area contributed by atoms with Gasteiger partial charge in [-0.15, -0.1) is 0 Å². The van der Waals surface area contributed by atoms with Gasteiger partial charge in [-0.1, -0.05) is 273 Å². The number of hydrogen-bond acceptors (Lipinski definition) is 4. The molecule has 0 spiro atoms. The van der Waals surface area contributed by atoms with E-state index in [4.69, 9.17) is 8.83 Å². The predicted molar refractivity (Wildman–Crippen MR) is 401 cm³/mol. The van der Waals surface area contributed by atoms with Crippen molar-refractivity contribution in [2.24, 2.45) is 0 Å². The molecule has 0 aliphatic heterocycles. The molecular weight excluding hydrogens is 1340 g/mol. The van der Waals surface area contributed by atoms with Gasteiger partial charge in [-0.2, -0.15) is 0 Å². The monoisotopic (exact) mass is 1390 g/mol. The molecule has 2 heterocycles. The van der Waals surface area contributed by atoms with Crippen molar-refractivity contribution in [3.05, 3.63) is 317 Å². The van der Waals surface area contributed by atoms with Crippen molar-refractivity contribution in [1.82, 2.24) is 0 Å². The Morgan fingerprint density at radius 2 is 0.560 bits per heavy atom. The summed E-state index contributed by atoms with van der Waals surface area (Å²) in [6.45, 7) is 0. The predicted octanol–water partition coefficient (Wildman–Crippen LogP) is 23.0. The van der Waals surface area contributed by atoms with Crippen LogP contribution in [0.3, 0.4) is 0 Å². The fraction of sp³-hybridized carbons (Fsp3) is 0. The van der Waals surface area contributed by atoms with Crippen LogP contribution in [0.2, 0.25) is 0 Å². The van der Waals surface area contributed by atoms with Crippen molar-refractivity contribution in [1.29, 1.82) is 0 Å². The highest BCUT2D eigenvalue weighted by atomic mass is 127. The number of fused-ring (bicyclic) bond motifs is 12. The lowest BCUT2D eigenvalue weighted by Gasteiger charge is -2.17. The second kappa shape index (κ2) is 23.8. The third-order valence-electron chi connectivity index (χ3n) is 17.8. The summed E-state index contributed by atoms with van der Waals surface area (Å²) in [5.74, 6) is 0. The normalized spacial score (nSPS) is 11.5. The standard InChI is InChI=1S/C52H32O.C20H15BO2.C12H6I2O/c1-3-16-33(17-4-1)48-37-20-7-9-22-39(37)50(40-23-10-8-21-38(40)48)35-30-31-36-45-28-15-29-46(52(45)53-47(36)32-35)51-43-26-13-11-24-41(43)49(34-18-5-2-6-19-34)42-25-12-14-27-44(42)51;22-21(23)20-17-12-6-4-10-15(17)19(14-8-2-1-3-9-14)16-11-5-7-13-18(16)20;13-7-4-5-8-9-2-1-3-10(14)12(9)15-11(8)6-7/h1-32H;1-13,22-23H;1-6H. The Kier molecular flexibility index (Phi) is 14.8. The molecule has 7 heteroatoms. The van der Waals surface area contributed by atoms with E-state index in [1.807, 2.05) is 66.7 Å². The molecule has 0 saturated heterocycles. The van der Waals surface area contributed by atoms with E-state index in [1.54, 1.807) is 0 Å². The lowest BCUT2D eigenvalue weighted by Crippen LogP contribution is -2.31. The van der Waals surface area contributed by atoms with E-state index in [9.17, 15) is 10.0 Å². The molecule has 18 aromatic rings. The molecule has 0 atom stereocenters. The van der Waals surface area contributed by atoms with Crippen molar-refractivity contribution < 1.29 is 18.9 Å². The zero-order valence-corrected chi connectivity index (χ0v) is 53.3. The third kappa shape index (κ3) is 9.91. The SMILES string of the molecule is Ic1ccc2c(c1)oc1c(I)cccc12.OB(O)c1c2ccccc2c(-c2ccccc2)c2ccccc12.c1ccc(-c2c3ccccc3c(-c3ccc4c(c3)oc3c(-c5c6ccccc6c(-c6ccccc6)c6ccccc56)cccc34)c3ccccc23)cc1. The molecule has 0 fully saturated rings. The molecule has 18 rings (SSSR count). The minimum atomic E-state index is -1.50. The largest absolute Gasteiger partial charge is 0.489 e. The summed E-state index contributed by atoms with van der Waals surface area (Å²) in [5.41, 5.74) is 16.3. The van der Waals surface area contributed by atoms with Crippen LogP contribution < -0.4 is 5.46 Å². The molecule has 2 aromatic heterocycles. The van der Waals surface area contributed by atoms with Gasteiger partial charge in [0, 0.05) is 36.2 Å². The van der Waals surface area contributed by atoms with Crippen molar-refractivity contribution in [3.8, 4) is 55.6 Å². The smallest absolute Gasteiger partial charge is 0.455 e. The molecule has 4 nitrogen and oxygen atoms in total. The van der Waals surface area contributed by atoms with Crippen LogP contribution in [0.4, 0.5) is 0 Å². The second-order valence-electron chi connectivity index (χ2n) is 22.9. The van der Waals surface area contributed by atoms with Gasteiger partial charge in [0.2, 0.25) is 0 Å². The first-order valence-electron chi connectivity index (χ1n) is 30.4. The molecule has 430 valence electrons. The van der Waals surface area contributed by atoms with E-state index in [2.05, 4.69) is 288 Å². The highest BCUT2D eigenvalue weighted by Gasteiger charge is 2.24. The molecule has 16 aromatic carbocycles. The Morgan fingerprint density at radius 1 is 0.242 bits per heavy atom. The minimum absolute atomic E-state index is 0.566. The Morgan fingerprint density at radius 3 is 0.989 bits per heavy atom. The molecule has 0 amide bonds. The lowest BCUT2D eigenvalue weighted by atomic mass is 9.72. The molecule has 0 aliphatic rings. The summed E-state index contributed by atoms with van der Waals surface area (Å²) in [6, 6.07) is 109. The zero-order chi connectivity index (χ0) is 61.1. The topological polar surface area (TPSA) is 66.7 Å². The number of furan rings is 2. The molecule has 2 N–H and O–H groups in total. The van der Waals surface area contributed by atoms with E-state index in [0.29, 0.717) is 5.46 Å². The Labute approximate surface area is 552 Å². The Bertz CT molecular complexity index is 5670. The van der Waals surface area contributed by atoms with Crippen LogP contribution in [0.5, 0.6) is 0 Å². The van der Waals surface area contributed by atoms with E-state index in [-0.39, 0.29) is 0 Å². The van der Waals surface area contributed by atoms with Crippen LogP contribution in [0.25, 0.3) is 164 Å². The van der Waals surface area contributed by atoms with Crippen LogP contribution in [0.1, 0.15) is 0 Å². The first kappa shape index (κ1) is 56.4. The summed E-state index contributed by atoms with van der Waals surface area (Å²) in [7, 11) is -1.50. The van der Waals surface area contributed by atoms with Gasteiger partial charge in [-0.3, -0.25) is 0 Å². The van der Waals surface area contributed by atoms with Crippen molar-refractivity contribution in [2.45, 2.75) is 0 Å². The highest BCUT2D eigenvalue weighted by molar-refractivity contribution is 14.1. The molecular formula is C84H53BI2O4. The van der Waals surface area contributed by atoms with Gasteiger partial charge in [0.05, 0.1) is 3.57 Å². The van der Waals surface area contributed by atoms with Crippen LogP contribution in [0, 0.1) is 7.14 Å². The van der Waals surface area contributed by atoms with Crippen molar-refractivity contribution in [2.75, 3.05) is 0 Å². The highest BCUT2D eigenvalue weighted by Crippen LogP contribution is 2.49. The molecule has 0 bridgehead atoms. The molecule has 91 heavy (non-hydrogen) atoms. The maximum absolute atomic E-state index is 9.94. The van der Waals surface area contributed by atoms with E-state index >= 15 is 0 Å². The van der Waals surface area contributed by atoms with Gasteiger partial charge < -0.3 is 18.9 Å². The summed E-state index contributed by atoms with van der Waals surface area (Å²) in [5, 5.41) is 38.2. The van der Waals surface area contributed by atoms with Crippen molar-refractivity contribution in [3.63, 3.8) is 0 Å². The second-order valence-corrected chi connectivity index (χ2v) is 25.3. The molecule has 0 radical (unpaired) electrons. The minimum Gasteiger partial charge on any atom is -0.455 e. The quantitative estimate of drug-likeness (QED) is 0.0989. The zero-order valence-electron chi connectivity index (χ0n) is 49.0. The Hall–Kier alpha value is -9.88. The van der Waals surface area contributed by atoms with Crippen LogP contribution in [-0.2, 0) is 0 Å². The van der Waals surface area contributed by atoms with Gasteiger partial charge in [0.15, 0.2) is 0 Å². The number of hydrogen-bond donors (Lipinski definition) is 2. The maximum atomic E-state index is 9.94. The number of para-hydroxylation sites is 2. The Balaban J connectivity index is 0.000000141. The lowest BCUT2D eigenvalue weighted by molar-refractivity contribution is 0.426. The van der Waals surface area contributed by atoms with E-state index in [0.717, 1.165) is 80.5 Å². The summed E-state index contributed by atoms with van der Waals surface area (Å²) < 4.78 is 15.2.